The molecule has 16 heteroatoms. The Hall–Kier alpha value is -5.16. The number of aliphatic hydroxyl groups excluding tert-OH is 1. The molecule has 0 aromatic heterocycles. The van der Waals surface area contributed by atoms with Crippen LogP contribution in [0.4, 0.5) is 4.79 Å². The summed E-state index contributed by atoms with van der Waals surface area (Å²) >= 11 is 0. The number of Topliss-reactive ketones (excluding diaryl/α,β-unsaturated/α-hetero) is 1. The largest absolute Gasteiger partial charge is 0.458 e. The molecule has 3 fully saturated rings. The SMILES string of the molecule is [2H]C([2H])([2H])C(OC(=O)N[C@@H](c1ccccc1)[C@@H](OC(=O)CNC)C(=O)O[C@H]1C[C@@]2(O)[C@@H](OC(=O)c3ccccc3)[C@@H]3[C@]4(OC(C)=O)CC[C@@H]4C[C@H](OC)[C@@]3(C)C(=O)[C@H](CO)C(=C1C)C2(C)C)(C([2H])([2H])[2H])C([2H])([2H])[2H]. The van der Waals surface area contributed by atoms with Crippen LogP contribution in [0.5, 0.6) is 0 Å². The average Bonchev–Trinajstić information content (AvgIpc) is 3.30. The van der Waals surface area contributed by atoms with Crippen molar-refractivity contribution in [2.45, 2.75) is 128 Å². The number of hydrogen-bond acceptors (Lipinski definition) is 15. The summed E-state index contributed by atoms with van der Waals surface area (Å²) in [6.45, 7) is -6.04. The third kappa shape index (κ3) is 8.94. The van der Waals surface area contributed by atoms with Crippen LogP contribution >= 0.6 is 0 Å². The average molecular weight is 914 g/mol. The fourth-order valence-corrected chi connectivity index (χ4v) is 11.1. The molecule has 16 nitrogen and oxygen atoms in total. The smallest absolute Gasteiger partial charge is 0.408 e. The first-order valence-corrected chi connectivity index (χ1v) is 21.4. The van der Waals surface area contributed by atoms with E-state index in [1.165, 1.54) is 70.5 Å². The Bertz CT molecular complexity index is 2470. The van der Waals surface area contributed by atoms with Crippen LogP contribution in [0.2, 0.25) is 0 Å². The van der Waals surface area contributed by atoms with Crippen molar-refractivity contribution in [3.05, 3.63) is 82.9 Å². The number of fused-ring (bicyclic) bond motifs is 5. The predicted octanol–water partition coefficient (Wildman–Crippen LogP) is 4.94. The van der Waals surface area contributed by atoms with E-state index in [1.54, 1.807) is 39.0 Å². The summed E-state index contributed by atoms with van der Waals surface area (Å²) in [6.07, 6.45) is -8.46. The lowest BCUT2D eigenvalue weighted by Gasteiger charge is -2.68. The van der Waals surface area contributed by atoms with E-state index in [0.717, 1.165) is 0 Å². The van der Waals surface area contributed by atoms with E-state index in [4.69, 9.17) is 40.8 Å². The zero-order chi connectivity index (χ0) is 55.4. The van der Waals surface area contributed by atoms with Crippen molar-refractivity contribution in [3.8, 4) is 0 Å². The van der Waals surface area contributed by atoms with Gasteiger partial charge in [0.25, 0.3) is 0 Å². The Labute approximate surface area is 392 Å². The zero-order valence-electron chi connectivity index (χ0n) is 46.4. The molecule has 3 saturated carbocycles. The molecule has 1 amide bonds. The quantitative estimate of drug-likeness (QED) is 0.119. The van der Waals surface area contributed by atoms with Gasteiger partial charge in [-0.25, -0.2) is 14.4 Å². The van der Waals surface area contributed by atoms with Crippen LogP contribution in [0.15, 0.2) is 71.8 Å². The molecule has 0 heterocycles. The van der Waals surface area contributed by atoms with E-state index in [0.29, 0.717) is 6.42 Å². The molecule has 2 aromatic carbocycles. The maximum Gasteiger partial charge on any atom is 0.408 e. The number of aliphatic hydroxyl groups is 2. The van der Waals surface area contributed by atoms with Crippen LogP contribution in [-0.4, -0.2) is 114 Å². The van der Waals surface area contributed by atoms with Crippen molar-refractivity contribution in [3.63, 3.8) is 0 Å². The lowest BCUT2D eigenvalue weighted by molar-refractivity contribution is -0.297. The number of methoxy groups -OCH3 is 1. The van der Waals surface area contributed by atoms with Crippen molar-refractivity contribution in [1.29, 1.82) is 0 Å². The van der Waals surface area contributed by atoms with Crippen molar-refractivity contribution in [1.82, 2.24) is 10.6 Å². The van der Waals surface area contributed by atoms with Crippen molar-refractivity contribution in [2.75, 3.05) is 27.3 Å². The Morgan fingerprint density at radius 2 is 1.63 bits per heavy atom. The molecule has 11 atom stereocenters. The van der Waals surface area contributed by atoms with E-state index >= 15 is 9.59 Å². The summed E-state index contributed by atoms with van der Waals surface area (Å²) in [5.74, 6) is -8.23. The fraction of sp³-hybridized carbons (Fsp3) is 0.592. The zero-order valence-corrected chi connectivity index (χ0v) is 37.4. The lowest BCUT2D eigenvalue weighted by Crippen LogP contribution is -2.78. The molecule has 2 bridgehead atoms. The van der Waals surface area contributed by atoms with E-state index < -0.39 is 152 Å². The van der Waals surface area contributed by atoms with Gasteiger partial charge in [-0.2, -0.15) is 0 Å². The molecular formula is C49H64N2O14. The number of rotatable bonds is 13. The second-order valence-electron chi connectivity index (χ2n) is 18.1. The number of ketones is 1. The van der Waals surface area contributed by atoms with Crippen molar-refractivity contribution < 1.29 is 79.7 Å². The molecule has 4 N–H and O–H groups in total. The number of benzene rings is 2. The van der Waals surface area contributed by atoms with Crippen LogP contribution in [0.1, 0.15) is 115 Å². The minimum atomic E-state index is -4.13. The standard InChI is InChI=1S/C49H64N2O14/c1-27-33(61-43(57)38(62-35(54)25-50-9)37(29-17-13-11-14-18-29)51-44(58)65-45(3,4)5)24-49(59)41(63-42(56)30-19-15-12-16-20-30)39-47(8,40(55)32(26-52)36(27)46(49,6)7)34(60-10)23-31-21-22-48(31,39)64-28(2)53/h11-20,31-34,37-39,41,50,52,59H,21-26H2,1-10H3,(H,51,58)/t31-,32-,33+,34+,37+,38-,39+,41+,47-,48+,49-/m1/s1/i3D3,4D3,5D3. The van der Waals surface area contributed by atoms with Gasteiger partial charge >= 0.3 is 30.0 Å². The molecule has 354 valence electrons. The molecule has 0 saturated heterocycles. The summed E-state index contributed by atoms with van der Waals surface area (Å²) in [5.41, 5.74) is -11.4. The number of likely N-dealkylation sites (N-methyl/N-ethyl adjacent to an activating group) is 1. The number of carbonyl (C=O) groups excluding carboxylic acids is 6. The Morgan fingerprint density at radius 1 is 0.985 bits per heavy atom. The van der Waals surface area contributed by atoms with E-state index in [1.807, 2.05) is 0 Å². The first kappa shape index (κ1) is 38.0. The number of nitrogens with one attached hydrogen (secondary N) is 2. The molecule has 0 spiro atoms. The molecule has 0 unspecified atom stereocenters. The maximum atomic E-state index is 15.8. The van der Waals surface area contributed by atoms with Gasteiger partial charge in [-0.15, -0.1) is 0 Å². The first-order chi connectivity index (χ1) is 34.2. The number of ether oxygens (including phenoxy) is 6. The van der Waals surface area contributed by atoms with E-state index in [9.17, 15) is 29.4 Å². The number of esters is 4. The van der Waals surface area contributed by atoms with Crippen LogP contribution in [0.25, 0.3) is 0 Å². The summed E-state index contributed by atoms with van der Waals surface area (Å²) in [6, 6.07) is 12.8. The molecule has 65 heavy (non-hydrogen) atoms. The van der Waals surface area contributed by atoms with Crippen molar-refractivity contribution >= 4 is 35.8 Å². The summed E-state index contributed by atoms with van der Waals surface area (Å²) < 4.78 is 108. The van der Waals surface area contributed by atoms with Crippen molar-refractivity contribution in [2.24, 2.45) is 28.6 Å². The van der Waals surface area contributed by atoms with Gasteiger partial charge in [0, 0.05) is 44.1 Å². The van der Waals surface area contributed by atoms with Crippen LogP contribution in [-0.2, 0) is 47.6 Å². The monoisotopic (exact) mass is 913 g/mol. The highest BCUT2D eigenvalue weighted by atomic mass is 16.6. The van der Waals surface area contributed by atoms with Gasteiger partial charge in [0.2, 0.25) is 6.10 Å². The van der Waals surface area contributed by atoms with Crippen LogP contribution in [0, 0.1) is 28.6 Å². The van der Waals surface area contributed by atoms with Gasteiger partial charge in [0.1, 0.15) is 35.1 Å². The van der Waals surface area contributed by atoms with Crippen LogP contribution in [0.3, 0.4) is 0 Å². The molecule has 0 aliphatic heterocycles. The summed E-state index contributed by atoms with van der Waals surface area (Å²) in [7, 11) is 2.77. The third-order valence-corrected chi connectivity index (χ3v) is 14.1. The summed E-state index contributed by atoms with van der Waals surface area (Å²) in [4.78, 5) is 86.1. The highest BCUT2D eigenvalue weighted by Crippen LogP contribution is 2.68. The molecule has 4 aliphatic rings. The van der Waals surface area contributed by atoms with Gasteiger partial charge in [0.05, 0.1) is 42.1 Å². The number of carbonyl (C=O) groups is 6. The van der Waals surface area contributed by atoms with Gasteiger partial charge < -0.3 is 49.3 Å². The third-order valence-electron chi connectivity index (χ3n) is 14.1. The highest BCUT2D eigenvalue weighted by molar-refractivity contribution is 5.93. The number of hydrogen-bond donors (Lipinski definition) is 4. The number of alkyl carbamates (subject to hydrolysis) is 1. The fourth-order valence-electron chi connectivity index (χ4n) is 11.1. The van der Waals surface area contributed by atoms with E-state index in [2.05, 4.69) is 10.6 Å². The maximum absolute atomic E-state index is 15.8. The van der Waals surface area contributed by atoms with Gasteiger partial charge in [-0.1, -0.05) is 62.4 Å². The Morgan fingerprint density at radius 3 is 2.18 bits per heavy atom. The molecule has 2 aromatic rings. The Kier molecular flexibility index (Phi) is 10.9. The van der Waals surface area contributed by atoms with Gasteiger partial charge in [0.15, 0.2) is 5.78 Å². The van der Waals surface area contributed by atoms with Gasteiger partial charge in [-0.05, 0) is 89.6 Å². The highest BCUT2D eigenvalue weighted by Gasteiger charge is 2.77. The molecule has 0 radical (unpaired) electrons. The Balaban J connectivity index is 1.55. The second kappa shape index (κ2) is 18.6. The summed E-state index contributed by atoms with van der Waals surface area (Å²) in [5, 5.41) is 30.1. The number of amides is 1. The van der Waals surface area contributed by atoms with Crippen LogP contribution < -0.4 is 10.6 Å². The van der Waals surface area contributed by atoms with Gasteiger partial charge in [-0.3, -0.25) is 14.4 Å². The van der Waals surface area contributed by atoms with E-state index in [-0.39, 0.29) is 35.1 Å². The minimum absolute atomic E-state index is 0.0480. The first-order valence-electron chi connectivity index (χ1n) is 25.9. The minimum Gasteiger partial charge on any atom is -0.458 e. The molecular weight excluding hydrogens is 841 g/mol. The predicted molar refractivity (Wildman–Crippen MR) is 234 cm³/mol. The molecule has 4 aliphatic carbocycles. The lowest BCUT2D eigenvalue weighted by atomic mass is 9.40. The topological polar surface area (TPSA) is 222 Å². The normalized spacial score (nSPS) is 33.9. The second-order valence-corrected chi connectivity index (χ2v) is 18.1. The molecule has 6 rings (SSSR count).